The van der Waals surface area contributed by atoms with E-state index in [0.29, 0.717) is 23.1 Å². The average molecular weight is 394 g/mol. The molecule has 0 amide bonds. The first-order valence-corrected chi connectivity index (χ1v) is 10.2. The minimum Gasteiger partial charge on any atom is -0.383 e. The molecule has 0 bridgehead atoms. The third-order valence-corrected chi connectivity index (χ3v) is 7.43. The number of halogens is 1. The van der Waals surface area contributed by atoms with Crippen LogP contribution >= 0.6 is 39.5 Å². The van der Waals surface area contributed by atoms with Gasteiger partial charge in [-0.3, -0.25) is 4.68 Å². The van der Waals surface area contributed by atoms with Crippen LogP contribution in [-0.2, 0) is 11.3 Å². The Labute approximate surface area is 144 Å². The molecular formula is C14H24BrN3OS2. The van der Waals surface area contributed by atoms with Crippen molar-refractivity contribution in [1.29, 1.82) is 0 Å². The van der Waals surface area contributed by atoms with Crippen LogP contribution in [-0.4, -0.2) is 52.0 Å². The van der Waals surface area contributed by atoms with E-state index >= 15 is 0 Å². The van der Waals surface area contributed by atoms with Gasteiger partial charge in [-0.2, -0.15) is 28.6 Å². The number of hydrogen-bond acceptors (Lipinski definition) is 5. The van der Waals surface area contributed by atoms with Crippen molar-refractivity contribution in [3.05, 3.63) is 16.4 Å². The molecule has 120 valence electrons. The lowest BCUT2D eigenvalue weighted by atomic mass is 10.1. The zero-order valence-electron chi connectivity index (χ0n) is 12.8. The molecule has 1 saturated heterocycles. The van der Waals surface area contributed by atoms with E-state index in [0.717, 1.165) is 17.6 Å². The van der Waals surface area contributed by atoms with Crippen LogP contribution in [0.4, 0.5) is 0 Å². The van der Waals surface area contributed by atoms with Crippen LogP contribution < -0.4 is 5.32 Å². The van der Waals surface area contributed by atoms with Crippen LogP contribution in [0.5, 0.6) is 0 Å². The van der Waals surface area contributed by atoms with E-state index in [9.17, 15) is 0 Å². The molecule has 0 spiro atoms. The Balaban J connectivity index is 2.26. The predicted octanol–water partition coefficient (Wildman–Crippen LogP) is 3.18. The second kappa shape index (κ2) is 8.82. The van der Waals surface area contributed by atoms with E-state index in [1.807, 2.05) is 6.20 Å². The number of nitrogens with one attached hydrogen (secondary N) is 1. The highest BCUT2D eigenvalue weighted by Gasteiger charge is 2.34. The summed E-state index contributed by atoms with van der Waals surface area (Å²) >= 11 is 7.85. The summed E-state index contributed by atoms with van der Waals surface area (Å²) in [5.41, 5.74) is 1.25. The molecule has 1 aliphatic rings. The maximum atomic E-state index is 5.21. The molecule has 3 atom stereocenters. The van der Waals surface area contributed by atoms with Crippen molar-refractivity contribution in [3.63, 3.8) is 0 Å². The van der Waals surface area contributed by atoms with E-state index in [1.165, 1.54) is 17.2 Å². The lowest BCUT2D eigenvalue weighted by Crippen LogP contribution is -2.39. The van der Waals surface area contributed by atoms with E-state index in [-0.39, 0.29) is 0 Å². The van der Waals surface area contributed by atoms with Gasteiger partial charge in [-0.05, 0) is 22.5 Å². The average Bonchev–Trinajstić information content (AvgIpc) is 2.84. The Kier molecular flexibility index (Phi) is 7.41. The fraction of sp³-hybridized carbons (Fsp3) is 0.786. The Bertz CT molecular complexity index is 444. The molecule has 3 unspecified atom stereocenters. The van der Waals surface area contributed by atoms with E-state index in [1.54, 1.807) is 7.11 Å². The van der Waals surface area contributed by atoms with Crippen molar-refractivity contribution >= 4 is 39.5 Å². The molecule has 1 aromatic rings. The third-order valence-electron chi connectivity index (χ3n) is 3.62. The number of hydrogen-bond donors (Lipinski definition) is 1. The standard InChI is InChI=1S/C14H24BrN3OS2/c1-4-16-12(14-10(2)20-7-8-21-14)13-11(15)9-17-18(13)5-6-19-3/h9-10,12,14,16H,4-8H2,1-3H3. The summed E-state index contributed by atoms with van der Waals surface area (Å²) in [5, 5.41) is 9.40. The highest BCUT2D eigenvalue weighted by Crippen LogP contribution is 2.40. The topological polar surface area (TPSA) is 39.1 Å². The van der Waals surface area contributed by atoms with Crippen molar-refractivity contribution < 1.29 is 4.74 Å². The van der Waals surface area contributed by atoms with E-state index in [2.05, 4.69) is 68.4 Å². The molecule has 0 aromatic carbocycles. The second-order valence-electron chi connectivity index (χ2n) is 5.04. The highest BCUT2D eigenvalue weighted by molar-refractivity contribution is 9.10. The van der Waals surface area contributed by atoms with Gasteiger partial charge >= 0.3 is 0 Å². The van der Waals surface area contributed by atoms with Gasteiger partial charge in [0.05, 0.1) is 35.6 Å². The van der Waals surface area contributed by atoms with Gasteiger partial charge in [-0.25, -0.2) is 0 Å². The fourth-order valence-electron chi connectivity index (χ4n) is 2.64. The second-order valence-corrected chi connectivity index (χ2v) is 8.67. The predicted molar refractivity (Wildman–Crippen MR) is 96.4 cm³/mol. The zero-order chi connectivity index (χ0) is 15.2. The molecule has 4 nitrogen and oxygen atoms in total. The molecule has 1 N–H and O–H groups in total. The number of methoxy groups -OCH3 is 1. The smallest absolute Gasteiger partial charge is 0.0708 e. The summed E-state index contributed by atoms with van der Waals surface area (Å²) in [6, 6.07) is 0.316. The largest absolute Gasteiger partial charge is 0.383 e. The van der Waals surface area contributed by atoms with Crippen molar-refractivity contribution in [2.24, 2.45) is 0 Å². The molecule has 1 fully saturated rings. The fourth-order valence-corrected chi connectivity index (χ4v) is 6.10. The van der Waals surface area contributed by atoms with Gasteiger partial charge in [0.2, 0.25) is 0 Å². The summed E-state index contributed by atoms with van der Waals surface area (Å²) in [5.74, 6) is 2.48. The minimum atomic E-state index is 0.316. The molecule has 2 heterocycles. The Morgan fingerprint density at radius 2 is 2.29 bits per heavy atom. The minimum absolute atomic E-state index is 0.316. The van der Waals surface area contributed by atoms with Gasteiger partial charge in [0.25, 0.3) is 0 Å². The van der Waals surface area contributed by atoms with Gasteiger partial charge < -0.3 is 10.1 Å². The third kappa shape index (κ3) is 4.41. The first kappa shape index (κ1) is 17.7. The Hall–Kier alpha value is 0.310. The van der Waals surface area contributed by atoms with Gasteiger partial charge in [-0.15, -0.1) is 0 Å². The molecule has 0 aliphatic carbocycles. The number of thioether (sulfide) groups is 2. The molecule has 0 saturated carbocycles. The number of rotatable bonds is 7. The van der Waals surface area contributed by atoms with Crippen LogP contribution in [0, 0.1) is 0 Å². The lowest BCUT2D eigenvalue weighted by molar-refractivity contribution is 0.181. The molecular weight excluding hydrogens is 370 g/mol. The normalized spacial score (nSPS) is 24.2. The zero-order valence-corrected chi connectivity index (χ0v) is 16.1. The summed E-state index contributed by atoms with van der Waals surface area (Å²) in [7, 11) is 1.73. The van der Waals surface area contributed by atoms with Crippen LogP contribution in [0.2, 0.25) is 0 Å². The number of ether oxygens (including phenoxy) is 1. The summed E-state index contributed by atoms with van der Waals surface area (Å²) < 4.78 is 8.38. The molecule has 1 aromatic heterocycles. The summed E-state index contributed by atoms with van der Waals surface area (Å²) in [4.78, 5) is 0. The van der Waals surface area contributed by atoms with Crippen molar-refractivity contribution in [1.82, 2.24) is 15.1 Å². The lowest BCUT2D eigenvalue weighted by Gasteiger charge is -2.35. The van der Waals surface area contributed by atoms with Gasteiger partial charge in [-0.1, -0.05) is 13.8 Å². The first-order valence-electron chi connectivity index (χ1n) is 7.35. The highest BCUT2D eigenvalue weighted by atomic mass is 79.9. The maximum absolute atomic E-state index is 5.21. The molecule has 0 radical (unpaired) electrons. The van der Waals surface area contributed by atoms with Gasteiger partial charge in [0.1, 0.15) is 0 Å². The van der Waals surface area contributed by atoms with Gasteiger partial charge in [0, 0.05) is 29.1 Å². The van der Waals surface area contributed by atoms with Crippen molar-refractivity contribution in [2.45, 2.75) is 36.9 Å². The van der Waals surface area contributed by atoms with Crippen LogP contribution in [0.15, 0.2) is 10.7 Å². The van der Waals surface area contributed by atoms with Gasteiger partial charge in [0.15, 0.2) is 0 Å². The van der Waals surface area contributed by atoms with E-state index in [4.69, 9.17) is 4.74 Å². The monoisotopic (exact) mass is 393 g/mol. The molecule has 21 heavy (non-hydrogen) atoms. The first-order chi connectivity index (χ1) is 10.2. The molecule has 1 aliphatic heterocycles. The Morgan fingerprint density at radius 3 is 2.95 bits per heavy atom. The molecule has 7 heteroatoms. The van der Waals surface area contributed by atoms with Crippen LogP contribution in [0.1, 0.15) is 25.6 Å². The molecule has 2 rings (SSSR count). The number of aromatic nitrogens is 2. The summed E-state index contributed by atoms with van der Waals surface area (Å²) in [6.07, 6.45) is 1.90. The van der Waals surface area contributed by atoms with Crippen molar-refractivity contribution in [2.75, 3.05) is 31.8 Å². The Morgan fingerprint density at radius 1 is 1.52 bits per heavy atom. The summed E-state index contributed by atoms with van der Waals surface area (Å²) in [6.45, 7) is 6.94. The SMILES string of the molecule is CCNC(c1c(Br)cnn1CCOC)C1SCCSC1C. The quantitative estimate of drug-likeness (QED) is 0.769. The maximum Gasteiger partial charge on any atom is 0.0708 e. The number of nitrogens with zero attached hydrogens (tertiary/aromatic N) is 2. The van der Waals surface area contributed by atoms with Crippen LogP contribution in [0.25, 0.3) is 0 Å². The van der Waals surface area contributed by atoms with Crippen LogP contribution in [0.3, 0.4) is 0 Å². The van der Waals surface area contributed by atoms with E-state index < -0.39 is 0 Å². The van der Waals surface area contributed by atoms with Crippen molar-refractivity contribution in [3.8, 4) is 0 Å².